The fourth-order valence-corrected chi connectivity index (χ4v) is 0. The van der Waals surface area contributed by atoms with Crippen LogP contribution in [0.5, 0.6) is 0 Å². The molecule has 1 N–H and O–H groups in total. The Kier molecular flexibility index (Phi) is 6.00. The molecule has 0 heterocycles. The van der Waals surface area contributed by atoms with Gasteiger partial charge in [-0.3, -0.25) is 0 Å². The van der Waals surface area contributed by atoms with Gasteiger partial charge in [0.2, 0.25) is 0 Å². The van der Waals surface area contributed by atoms with Gasteiger partial charge in [-0.2, -0.15) is 0 Å². The second-order valence-electron chi connectivity index (χ2n) is 0.396. The molecular weight excluding hydrogens is 256 g/mol. The van der Waals surface area contributed by atoms with Crippen LogP contribution in [0.3, 0.4) is 0 Å². The maximum atomic E-state index is 8.69. The van der Waals surface area contributed by atoms with Crippen molar-refractivity contribution in [3.05, 3.63) is 0 Å². The Bertz CT molecular complexity index is 129. The van der Waals surface area contributed by atoms with E-state index in [0.29, 0.717) is 0 Å². The van der Waals surface area contributed by atoms with Crippen LogP contribution < -0.4 is 0 Å². The second-order valence-corrected chi connectivity index (χ2v) is 1.63. The normalized spacial score (nSPS) is 9.50. The van der Waals surface area contributed by atoms with Crippen LogP contribution >= 0.6 is 0 Å². The third kappa shape index (κ3) is 51.3. The molecule has 6 heavy (non-hydrogen) atoms. The van der Waals surface area contributed by atoms with Gasteiger partial charge in [-0.15, -0.1) is 0 Å². The van der Waals surface area contributed by atoms with Gasteiger partial charge in [0, 0.05) is 0 Å². The maximum absolute atomic E-state index is 8.69. The molecular formula is H3BaMnO4. The molecule has 6 heteroatoms. The minimum absolute atomic E-state index is 0. The van der Waals surface area contributed by atoms with Gasteiger partial charge < -0.3 is 0 Å². The summed E-state index contributed by atoms with van der Waals surface area (Å²) in [5.41, 5.74) is 0. The van der Waals surface area contributed by atoms with Crippen molar-refractivity contribution in [1.29, 1.82) is 0 Å². The first-order valence-electron chi connectivity index (χ1n) is 0.632. The van der Waals surface area contributed by atoms with Crippen LogP contribution in [0.1, 0.15) is 0 Å². The Labute approximate surface area is 76.2 Å². The molecule has 0 spiro atoms. The van der Waals surface area contributed by atoms with Crippen molar-refractivity contribution in [3.63, 3.8) is 0 Å². The molecule has 0 saturated heterocycles. The number of hydrogen-bond donors (Lipinski definition) is 1. The van der Waals surface area contributed by atoms with E-state index >= 15 is 0 Å². The quantitative estimate of drug-likeness (QED) is 0.519. The predicted molar refractivity (Wildman–Crippen MR) is 12.8 cm³/mol. The zero-order chi connectivity index (χ0) is 4.50. The second kappa shape index (κ2) is 3.45. The number of hydrogen-bond acceptors (Lipinski definition) is 3. The summed E-state index contributed by atoms with van der Waals surface area (Å²) < 4.78 is 33.1. The zero-order valence-electron chi connectivity index (χ0n) is 2.05. The van der Waals surface area contributed by atoms with Crippen LogP contribution in [0.25, 0.3) is 0 Å². The van der Waals surface area contributed by atoms with Crippen molar-refractivity contribution in [3.8, 4) is 0 Å². The summed E-state index contributed by atoms with van der Waals surface area (Å²) in [7, 11) is 0. The molecule has 36 valence electrons. The Hall–Kier alpha value is 1.45. The van der Waals surface area contributed by atoms with E-state index in [9.17, 15) is 0 Å². The summed E-state index contributed by atoms with van der Waals surface area (Å²) in [6.07, 6.45) is 0. The zero-order valence-corrected chi connectivity index (χ0v) is 3.23. The van der Waals surface area contributed by atoms with Crippen LogP contribution in [0.2, 0.25) is 0 Å². The first-order valence-corrected chi connectivity index (χ1v) is 2.61. The van der Waals surface area contributed by atoms with E-state index in [0.717, 1.165) is 0 Å². The Morgan fingerprint density at radius 1 is 1.17 bits per heavy atom. The number of rotatable bonds is 0. The van der Waals surface area contributed by atoms with Crippen molar-refractivity contribution in [2.24, 2.45) is 0 Å². The molecule has 0 unspecified atom stereocenters. The van der Waals surface area contributed by atoms with Crippen LogP contribution in [0.4, 0.5) is 0 Å². The van der Waals surface area contributed by atoms with Gasteiger partial charge in [-0.05, 0) is 0 Å². The van der Waals surface area contributed by atoms with Crippen LogP contribution in [-0.4, -0.2) is 53.1 Å². The van der Waals surface area contributed by atoms with Gasteiger partial charge in [0.15, 0.2) is 0 Å². The van der Waals surface area contributed by atoms with Crippen molar-refractivity contribution in [1.82, 2.24) is 0 Å². The summed E-state index contributed by atoms with van der Waals surface area (Å²) in [6, 6.07) is 0. The molecule has 4 nitrogen and oxygen atoms in total. The fraction of sp³-hybridized carbons (Fsp3) is 0. The fourth-order valence-electron chi connectivity index (χ4n) is 0. The summed E-state index contributed by atoms with van der Waals surface area (Å²) >= 11 is -5.38. The van der Waals surface area contributed by atoms with Gasteiger partial charge in [0.25, 0.3) is 0 Å². The molecule has 0 aliphatic carbocycles. The summed E-state index contributed by atoms with van der Waals surface area (Å²) in [5.74, 6) is 0. The molecule has 0 aromatic carbocycles. The van der Waals surface area contributed by atoms with E-state index in [1.165, 1.54) is 0 Å². The van der Waals surface area contributed by atoms with E-state index in [1.807, 2.05) is 0 Å². The van der Waals surface area contributed by atoms with Crippen LogP contribution in [0.15, 0.2) is 0 Å². The summed E-state index contributed by atoms with van der Waals surface area (Å²) in [5, 5.41) is 0. The Balaban J connectivity index is 0. The van der Waals surface area contributed by atoms with E-state index in [4.69, 9.17) is 15.7 Å². The van der Waals surface area contributed by atoms with Crippen molar-refractivity contribution in [2.45, 2.75) is 0 Å². The first kappa shape index (κ1) is 10.4. The standard InChI is InChI=1S/Ba.Mn.H2O.3O.2H/h;;1H2;;;;;/q;+1;;;;;;/p-1. The third-order valence-corrected chi connectivity index (χ3v) is 0. The minimum atomic E-state index is -5.38. The Morgan fingerprint density at radius 3 is 1.17 bits per heavy atom. The molecule has 0 fully saturated rings. The van der Waals surface area contributed by atoms with Crippen LogP contribution in [0, 0.1) is 0 Å². The molecule has 0 atom stereocenters. The molecule has 0 saturated carbocycles. The third-order valence-electron chi connectivity index (χ3n) is 0. The Morgan fingerprint density at radius 2 is 1.17 bits per heavy atom. The predicted octanol–water partition coefficient (Wildman–Crippen LogP) is -1.83. The average molecular weight is 259 g/mol. The topological polar surface area (TPSA) is 71.4 Å². The van der Waals surface area contributed by atoms with E-state index < -0.39 is 13.0 Å². The average Bonchev–Trinajstić information content (AvgIpc) is 0.722. The molecule has 0 radical (unpaired) electrons. The van der Waals surface area contributed by atoms with Crippen molar-refractivity contribution >= 4 is 48.9 Å². The van der Waals surface area contributed by atoms with E-state index in [-0.39, 0.29) is 48.9 Å². The molecule has 0 bridgehead atoms. The first-order chi connectivity index (χ1) is 2.00. The summed E-state index contributed by atoms with van der Waals surface area (Å²) in [4.78, 5) is 0. The van der Waals surface area contributed by atoms with Crippen molar-refractivity contribution < 1.29 is 28.7 Å². The van der Waals surface area contributed by atoms with Gasteiger partial charge in [-0.25, -0.2) is 0 Å². The SMILES string of the molecule is [BaH2].[O]=[Mn](=[O])(=[O])[OH]. The van der Waals surface area contributed by atoms with Crippen molar-refractivity contribution in [2.75, 3.05) is 0 Å². The van der Waals surface area contributed by atoms with E-state index in [1.54, 1.807) is 0 Å². The molecule has 0 rings (SSSR count). The van der Waals surface area contributed by atoms with Gasteiger partial charge in [0.1, 0.15) is 0 Å². The van der Waals surface area contributed by atoms with Gasteiger partial charge in [-0.1, -0.05) is 0 Å². The summed E-state index contributed by atoms with van der Waals surface area (Å²) in [6.45, 7) is 0. The monoisotopic (exact) mass is 260 g/mol. The van der Waals surface area contributed by atoms with Crippen LogP contribution in [-0.2, 0) is 24.5 Å². The van der Waals surface area contributed by atoms with Gasteiger partial charge >= 0.3 is 77.5 Å². The molecule has 0 aliphatic heterocycles. The molecule has 0 amide bonds. The van der Waals surface area contributed by atoms with Gasteiger partial charge in [0.05, 0.1) is 0 Å². The molecule has 0 aromatic heterocycles. The van der Waals surface area contributed by atoms with E-state index in [2.05, 4.69) is 0 Å². The molecule has 0 aromatic rings. The molecule has 0 aliphatic rings.